The molecule has 3 aliphatic heterocycles. The van der Waals surface area contributed by atoms with E-state index >= 15 is 0 Å². The summed E-state index contributed by atoms with van der Waals surface area (Å²) in [5.41, 5.74) is -1.46. The first-order valence-electron chi connectivity index (χ1n) is 11.5. The lowest BCUT2D eigenvalue weighted by molar-refractivity contribution is -0.172. The molecule has 0 spiro atoms. The summed E-state index contributed by atoms with van der Waals surface area (Å²) in [5.74, 6) is -0.529. The fourth-order valence-corrected chi connectivity index (χ4v) is 4.93. The zero-order chi connectivity index (χ0) is 23.1. The molecular formula is C23H40N2O6. The molecule has 3 fully saturated rings. The van der Waals surface area contributed by atoms with E-state index in [9.17, 15) is 9.59 Å². The van der Waals surface area contributed by atoms with Crippen molar-refractivity contribution in [3.8, 4) is 0 Å². The van der Waals surface area contributed by atoms with Crippen LogP contribution in [0.1, 0.15) is 61.8 Å². The first-order chi connectivity index (χ1) is 14.4. The highest BCUT2D eigenvalue weighted by atomic mass is 16.7. The molecule has 3 heterocycles. The molecule has 3 atom stereocenters. The van der Waals surface area contributed by atoms with Crippen LogP contribution in [0.25, 0.3) is 0 Å². The lowest BCUT2D eigenvalue weighted by Crippen LogP contribution is -2.55. The van der Waals surface area contributed by atoms with Crippen molar-refractivity contribution in [2.45, 2.75) is 91.6 Å². The molecule has 31 heavy (non-hydrogen) atoms. The van der Waals surface area contributed by atoms with Gasteiger partial charge in [0.2, 0.25) is 11.8 Å². The molecule has 0 bridgehead atoms. The highest BCUT2D eigenvalue weighted by molar-refractivity contribution is 5.87. The van der Waals surface area contributed by atoms with Gasteiger partial charge in [0.1, 0.15) is 11.4 Å². The summed E-state index contributed by atoms with van der Waals surface area (Å²) < 4.78 is 23.4. The van der Waals surface area contributed by atoms with Gasteiger partial charge in [0.05, 0.1) is 44.4 Å². The summed E-state index contributed by atoms with van der Waals surface area (Å²) in [6.07, 6.45) is -0.721. The van der Waals surface area contributed by atoms with Gasteiger partial charge in [-0.1, -0.05) is 27.7 Å². The molecule has 0 unspecified atom stereocenters. The maximum atomic E-state index is 13.9. The van der Waals surface area contributed by atoms with Crippen molar-refractivity contribution in [2.24, 2.45) is 17.8 Å². The van der Waals surface area contributed by atoms with Gasteiger partial charge < -0.3 is 28.7 Å². The predicted octanol–water partition coefficient (Wildman–Crippen LogP) is 2.60. The van der Waals surface area contributed by atoms with Crippen LogP contribution in [-0.4, -0.2) is 77.9 Å². The Morgan fingerprint density at radius 3 is 1.77 bits per heavy atom. The van der Waals surface area contributed by atoms with E-state index in [-0.39, 0.29) is 42.2 Å². The largest absolute Gasteiger partial charge is 0.354 e. The number of carbonyl (C=O) groups excluding carboxylic acids is 2. The molecule has 178 valence electrons. The Labute approximate surface area is 186 Å². The topological polar surface area (TPSA) is 77.5 Å². The van der Waals surface area contributed by atoms with Crippen molar-refractivity contribution in [3.05, 3.63) is 0 Å². The van der Waals surface area contributed by atoms with Gasteiger partial charge in [0, 0.05) is 6.42 Å². The van der Waals surface area contributed by atoms with Crippen LogP contribution in [0.4, 0.5) is 0 Å². The molecule has 0 radical (unpaired) electrons. The van der Waals surface area contributed by atoms with Crippen molar-refractivity contribution in [3.63, 3.8) is 0 Å². The lowest BCUT2D eigenvalue weighted by atomic mass is 9.95. The zero-order valence-electron chi connectivity index (χ0n) is 20.3. The third kappa shape index (κ3) is 4.77. The third-order valence-corrected chi connectivity index (χ3v) is 6.77. The Kier molecular flexibility index (Phi) is 7.06. The molecule has 3 aliphatic rings. The van der Waals surface area contributed by atoms with Gasteiger partial charge in [0.15, 0.2) is 6.29 Å². The minimum atomic E-state index is -0.748. The Bertz CT molecular complexity index is 671. The molecule has 8 nitrogen and oxygen atoms in total. The SMILES string of the molecule is CC(C)[C@H]1COC(C)(C)N1C(=O)C[C@@H](C(=O)N1[C@@H](C(C)C)COC1(C)C)C1OCCO1. The average molecular weight is 441 g/mol. The molecule has 0 aliphatic carbocycles. The van der Waals surface area contributed by atoms with Gasteiger partial charge in [-0.15, -0.1) is 0 Å². The minimum absolute atomic E-state index is 0.0108. The highest BCUT2D eigenvalue weighted by Gasteiger charge is 2.51. The molecule has 0 N–H and O–H groups in total. The van der Waals surface area contributed by atoms with Crippen LogP contribution in [-0.2, 0) is 28.5 Å². The van der Waals surface area contributed by atoms with Gasteiger partial charge in [-0.05, 0) is 39.5 Å². The molecule has 3 saturated heterocycles. The number of ether oxygens (including phenoxy) is 4. The molecule has 0 saturated carbocycles. The molecule has 0 aromatic heterocycles. The first kappa shape index (κ1) is 24.4. The van der Waals surface area contributed by atoms with Gasteiger partial charge >= 0.3 is 0 Å². The highest BCUT2D eigenvalue weighted by Crippen LogP contribution is 2.37. The Balaban J connectivity index is 1.87. The van der Waals surface area contributed by atoms with Crippen molar-refractivity contribution in [2.75, 3.05) is 26.4 Å². The van der Waals surface area contributed by atoms with Crippen LogP contribution in [0, 0.1) is 17.8 Å². The quantitative estimate of drug-likeness (QED) is 0.632. The van der Waals surface area contributed by atoms with Crippen LogP contribution in [0.2, 0.25) is 0 Å². The Morgan fingerprint density at radius 2 is 1.29 bits per heavy atom. The molecule has 2 amide bonds. The summed E-state index contributed by atoms with van der Waals surface area (Å²) in [5, 5.41) is 0. The number of nitrogens with zero attached hydrogens (tertiary/aromatic N) is 2. The standard InChI is InChI=1S/C23H40N2O6/c1-14(2)17-12-30-22(5,6)24(17)19(26)11-16(21-28-9-10-29-21)20(27)25-18(15(3)4)13-31-23(25,7)8/h14-18,21H,9-13H2,1-8H3/t16-,17+,18+/m0/s1. The Morgan fingerprint density at radius 1 is 0.839 bits per heavy atom. The van der Waals surface area contributed by atoms with E-state index in [2.05, 4.69) is 27.7 Å². The smallest absolute Gasteiger partial charge is 0.233 e. The summed E-state index contributed by atoms with van der Waals surface area (Å²) >= 11 is 0. The van der Waals surface area contributed by atoms with Crippen molar-refractivity contribution >= 4 is 11.8 Å². The third-order valence-electron chi connectivity index (χ3n) is 6.77. The summed E-state index contributed by atoms with van der Waals surface area (Å²) in [7, 11) is 0. The van der Waals surface area contributed by atoms with Crippen LogP contribution >= 0.6 is 0 Å². The number of amides is 2. The van der Waals surface area contributed by atoms with Gasteiger partial charge in [-0.25, -0.2) is 0 Å². The fourth-order valence-electron chi connectivity index (χ4n) is 4.93. The van der Waals surface area contributed by atoms with Crippen molar-refractivity contribution < 1.29 is 28.5 Å². The molecule has 3 rings (SSSR count). The van der Waals surface area contributed by atoms with E-state index in [1.165, 1.54) is 0 Å². The second kappa shape index (κ2) is 8.96. The van der Waals surface area contributed by atoms with Crippen LogP contribution in [0.5, 0.6) is 0 Å². The number of carbonyl (C=O) groups is 2. The predicted molar refractivity (Wildman–Crippen MR) is 115 cm³/mol. The number of rotatable bonds is 6. The first-order valence-corrected chi connectivity index (χ1v) is 11.5. The van der Waals surface area contributed by atoms with E-state index in [0.29, 0.717) is 26.4 Å². The summed E-state index contributed by atoms with van der Waals surface area (Å²) in [4.78, 5) is 31.0. The van der Waals surface area contributed by atoms with Crippen LogP contribution in [0.15, 0.2) is 0 Å². The van der Waals surface area contributed by atoms with Crippen LogP contribution in [0.3, 0.4) is 0 Å². The molecule has 8 heteroatoms. The van der Waals surface area contributed by atoms with Gasteiger partial charge in [-0.3, -0.25) is 9.59 Å². The van der Waals surface area contributed by atoms with Gasteiger partial charge in [0.25, 0.3) is 0 Å². The fraction of sp³-hybridized carbons (Fsp3) is 0.913. The van der Waals surface area contributed by atoms with Crippen molar-refractivity contribution in [1.29, 1.82) is 0 Å². The van der Waals surface area contributed by atoms with Crippen LogP contribution < -0.4 is 0 Å². The summed E-state index contributed by atoms with van der Waals surface area (Å²) in [6.45, 7) is 17.7. The van der Waals surface area contributed by atoms with Gasteiger partial charge in [-0.2, -0.15) is 0 Å². The minimum Gasteiger partial charge on any atom is -0.354 e. The molecular weight excluding hydrogens is 400 g/mol. The van der Waals surface area contributed by atoms with E-state index in [1.54, 1.807) is 9.80 Å². The van der Waals surface area contributed by atoms with E-state index in [1.807, 2.05) is 27.7 Å². The second-order valence-corrected chi connectivity index (χ2v) is 10.5. The second-order valence-electron chi connectivity index (χ2n) is 10.5. The molecule has 0 aromatic carbocycles. The lowest BCUT2D eigenvalue weighted by Gasteiger charge is -2.40. The number of hydrogen-bond donors (Lipinski definition) is 0. The Hall–Kier alpha value is -1.22. The maximum absolute atomic E-state index is 13.9. The van der Waals surface area contributed by atoms with E-state index in [4.69, 9.17) is 18.9 Å². The maximum Gasteiger partial charge on any atom is 0.233 e. The molecule has 0 aromatic rings. The van der Waals surface area contributed by atoms with E-state index < -0.39 is 23.7 Å². The van der Waals surface area contributed by atoms with Crippen molar-refractivity contribution in [1.82, 2.24) is 9.80 Å². The number of hydrogen-bond acceptors (Lipinski definition) is 6. The monoisotopic (exact) mass is 440 g/mol. The average Bonchev–Trinajstić information content (AvgIpc) is 3.35. The normalized spacial score (nSPS) is 29.4. The van der Waals surface area contributed by atoms with E-state index in [0.717, 1.165) is 0 Å². The zero-order valence-corrected chi connectivity index (χ0v) is 20.3. The summed E-state index contributed by atoms with van der Waals surface area (Å²) in [6, 6.07) is -0.0879.